The molecule has 1 atom stereocenters. The number of hydrogen-bond donors (Lipinski definition) is 2. The molecule has 1 heterocycles. The Balaban J connectivity index is 2.60. The predicted octanol–water partition coefficient (Wildman–Crippen LogP) is 1.90. The van der Waals surface area contributed by atoms with E-state index in [2.05, 4.69) is 0 Å². The Bertz CT molecular complexity index is 840. The van der Waals surface area contributed by atoms with Crippen molar-refractivity contribution < 1.29 is 33.6 Å². The number of carbonyl (C=O) groups is 1. The van der Waals surface area contributed by atoms with Gasteiger partial charge in [0, 0.05) is 13.2 Å². The number of rotatable bonds is 7. The molecule has 2 aromatic rings. The number of carbonyl (C=O) groups excluding carboxylic acids is 1. The normalized spacial score (nSPS) is 11.8. The van der Waals surface area contributed by atoms with Crippen molar-refractivity contribution in [2.45, 2.75) is 18.9 Å². The summed E-state index contributed by atoms with van der Waals surface area (Å²) in [6.45, 7) is 0.0152. The van der Waals surface area contributed by atoms with Gasteiger partial charge in [0.1, 0.15) is 12.4 Å². The van der Waals surface area contributed by atoms with Crippen molar-refractivity contribution in [2.75, 3.05) is 21.3 Å². The first-order chi connectivity index (χ1) is 12.4. The number of phenolic OH excluding ortho intramolecular Hbond substituents is 1. The van der Waals surface area contributed by atoms with Crippen LogP contribution in [0, 0.1) is 0 Å². The van der Waals surface area contributed by atoms with Crippen LogP contribution in [0.25, 0.3) is 0 Å². The van der Waals surface area contributed by atoms with Gasteiger partial charge in [-0.2, -0.15) is 0 Å². The highest BCUT2D eigenvalue weighted by Crippen LogP contribution is 2.37. The zero-order valence-corrected chi connectivity index (χ0v) is 14.6. The standard InChI is InChI=1S/C18H20O8/c1-23-9-11-7-14(20)17(22)18(26-11)12(8-16(21)25-3)10-4-5-15(24-2)13(19)6-10/h4-7,12,19,22H,8-9H2,1-3H3/t12-/m0/s1. The molecule has 2 rings (SSSR count). The SMILES string of the molecule is COCc1cc(=O)c(O)c([C@@H](CC(=O)OC)c2ccc(OC)c(O)c2)o1. The number of ether oxygens (including phenoxy) is 3. The minimum Gasteiger partial charge on any atom is -0.504 e. The van der Waals surface area contributed by atoms with E-state index in [1.54, 1.807) is 6.07 Å². The lowest BCUT2D eigenvalue weighted by molar-refractivity contribution is -0.140. The van der Waals surface area contributed by atoms with E-state index in [0.717, 1.165) is 6.07 Å². The van der Waals surface area contributed by atoms with Crippen LogP contribution in [0.1, 0.15) is 29.4 Å². The molecule has 140 valence electrons. The van der Waals surface area contributed by atoms with E-state index in [-0.39, 0.29) is 36.0 Å². The highest BCUT2D eigenvalue weighted by Gasteiger charge is 2.27. The lowest BCUT2D eigenvalue weighted by Crippen LogP contribution is -2.14. The summed E-state index contributed by atoms with van der Waals surface area (Å²) in [6, 6.07) is 5.58. The van der Waals surface area contributed by atoms with Crippen LogP contribution in [0.5, 0.6) is 17.2 Å². The van der Waals surface area contributed by atoms with Gasteiger partial charge in [0.05, 0.1) is 26.6 Å². The second-order valence-corrected chi connectivity index (χ2v) is 5.49. The summed E-state index contributed by atoms with van der Waals surface area (Å²) in [5.41, 5.74) is -0.229. The van der Waals surface area contributed by atoms with Crippen molar-refractivity contribution in [3.8, 4) is 17.2 Å². The van der Waals surface area contributed by atoms with Gasteiger partial charge in [-0.05, 0) is 17.7 Å². The lowest BCUT2D eigenvalue weighted by atomic mass is 9.92. The molecule has 1 aromatic carbocycles. The van der Waals surface area contributed by atoms with Gasteiger partial charge in [0.15, 0.2) is 17.3 Å². The topological polar surface area (TPSA) is 115 Å². The van der Waals surface area contributed by atoms with Crippen LogP contribution in [-0.2, 0) is 20.9 Å². The van der Waals surface area contributed by atoms with E-state index in [9.17, 15) is 19.8 Å². The fraction of sp³-hybridized carbons (Fsp3) is 0.333. The summed E-state index contributed by atoms with van der Waals surface area (Å²) in [6.07, 6.45) is -0.213. The molecule has 0 fully saturated rings. The third-order valence-electron chi connectivity index (χ3n) is 3.81. The second kappa shape index (κ2) is 8.39. The van der Waals surface area contributed by atoms with Crippen LogP contribution in [0.4, 0.5) is 0 Å². The Morgan fingerprint density at radius 1 is 1.19 bits per heavy atom. The average Bonchev–Trinajstić information content (AvgIpc) is 2.62. The fourth-order valence-electron chi connectivity index (χ4n) is 2.54. The zero-order chi connectivity index (χ0) is 19.3. The number of phenols is 1. The molecule has 2 N–H and O–H groups in total. The van der Waals surface area contributed by atoms with Crippen molar-refractivity contribution >= 4 is 5.97 Å². The Kier molecular flexibility index (Phi) is 6.24. The summed E-state index contributed by atoms with van der Waals surface area (Å²) in [7, 11) is 4.06. The summed E-state index contributed by atoms with van der Waals surface area (Å²) < 4.78 is 20.2. The van der Waals surface area contributed by atoms with Crippen molar-refractivity contribution in [1.82, 2.24) is 0 Å². The van der Waals surface area contributed by atoms with Gasteiger partial charge >= 0.3 is 5.97 Å². The van der Waals surface area contributed by atoms with E-state index >= 15 is 0 Å². The van der Waals surface area contributed by atoms with Crippen LogP contribution in [0.15, 0.2) is 33.5 Å². The highest BCUT2D eigenvalue weighted by molar-refractivity contribution is 5.71. The Labute approximate surface area is 149 Å². The molecule has 0 spiro atoms. The van der Waals surface area contributed by atoms with Crippen molar-refractivity contribution in [1.29, 1.82) is 0 Å². The van der Waals surface area contributed by atoms with Gasteiger partial charge < -0.3 is 28.8 Å². The third kappa shape index (κ3) is 4.15. The number of methoxy groups -OCH3 is 3. The van der Waals surface area contributed by atoms with Gasteiger partial charge in [-0.25, -0.2) is 0 Å². The maximum atomic E-state index is 12.0. The van der Waals surface area contributed by atoms with Crippen LogP contribution in [-0.4, -0.2) is 37.5 Å². The molecule has 0 aliphatic heterocycles. The number of benzene rings is 1. The van der Waals surface area contributed by atoms with Gasteiger partial charge in [0.25, 0.3) is 0 Å². The van der Waals surface area contributed by atoms with Crippen LogP contribution < -0.4 is 10.2 Å². The molecule has 0 saturated carbocycles. The minimum absolute atomic E-state index is 0.0152. The largest absolute Gasteiger partial charge is 0.504 e. The third-order valence-corrected chi connectivity index (χ3v) is 3.81. The maximum absolute atomic E-state index is 12.0. The molecular weight excluding hydrogens is 344 g/mol. The molecule has 1 aromatic heterocycles. The van der Waals surface area contributed by atoms with E-state index in [1.807, 2.05) is 0 Å². The summed E-state index contributed by atoms with van der Waals surface area (Å²) >= 11 is 0. The molecular formula is C18H20O8. The smallest absolute Gasteiger partial charge is 0.306 e. The molecule has 0 aliphatic carbocycles. The van der Waals surface area contributed by atoms with E-state index in [1.165, 1.54) is 33.5 Å². The quantitative estimate of drug-likeness (QED) is 0.716. The maximum Gasteiger partial charge on any atom is 0.306 e. The van der Waals surface area contributed by atoms with E-state index in [4.69, 9.17) is 18.6 Å². The van der Waals surface area contributed by atoms with Gasteiger partial charge in [-0.15, -0.1) is 0 Å². The molecule has 0 amide bonds. The average molecular weight is 364 g/mol. The minimum atomic E-state index is -0.858. The molecule has 0 radical (unpaired) electrons. The first-order valence-electron chi connectivity index (χ1n) is 7.69. The van der Waals surface area contributed by atoms with E-state index in [0.29, 0.717) is 5.56 Å². The van der Waals surface area contributed by atoms with Gasteiger partial charge in [0.2, 0.25) is 11.2 Å². The molecule has 0 unspecified atom stereocenters. The number of aromatic hydroxyl groups is 2. The van der Waals surface area contributed by atoms with Crippen LogP contribution >= 0.6 is 0 Å². The van der Waals surface area contributed by atoms with Crippen molar-refractivity contribution in [3.05, 3.63) is 51.6 Å². The highest BCUT2D eigenvalue weighted by atomic mass is 16.5. The number of esters is 1. The molecule has 8 heteroatoms. The van der Waals surface area contributed by atoms with Gasteiger partial charge in [-0.1, -0.05) is 6.07 Å². The molecule has 0 aliphatic rings. The fourth-order valence-corrected chi connectivity index (χ4v) is 2.54. The molecule has 8 nitrogen and oxygen atoms in total. The Morgan fingerprint density at radius 2 is 1.92 bits per heavy atom. The Hall–Kier alpha value is -3.00. The molecule has 0 saturated heterocycles. The number of hydrogen-bond acceptors (Lipinski definition) is 8. The van der Waals surface area contributed by atoms with Crippen molar-refractivity contribution in [3.63, 3.8) is 0 Å². The lowest BCUT2D eigenvalue weighted by Gasteiger charge is -2.18. The van der Waals surface area contributed by atoms with E-state index < -0.39 is 23.1 Å². The first-order valence-corrected chi connectivity index (χ1v) is 7.69. The molecule has 26 heavy (non-hydrogen) atoms. The van der Waals surface area contributed by atoms with Crippen LogP contribution in [0.2, 0.25) is 0 Å². The predicted molar refractivity (Wildman–Crippen MR) is 90.5 cm³/mol. The Morgan fingerprint density at radius 3 is 2.50 bits per heavy atom. The second-order valence-electron chi connectivity index (χ2n) is 5.49. The summed E-state index contributed by atoms with van der Waals surface area (Å²) in [5.74, 6) is -1.89. The van der Waals surface area contributed by atoms with Crippen molar-refractivity contribution in [2.24, 2.45) is 0 Å². The molecule has 0 bridgehead atoms. The monoisotopic (exact) mass is 364 g/mol. The zero-order valence-electron chi connectivity index (χ0n) is 14.6. The summed E-state index contributed by atoms with van der Waals surface area (Å²) in [5, 5.41) is 20.2. The van der Waals surface area contributed by atoms with Gasteiger partial charge in [-0.3, -0.25) is 9.59 Å². The summed E-state index contributed by atoms with van der Waals surface area (Å²) in [4.78, 5) is 23.9. The first kappa shape index (κ1) is 19.3. The van der Waals surface area contributed by atoms with Crippen LogP contribution in [0.3, 0.4) is 0 Å².